The van der Waals surface area contributed by atoms with Crippen molar-refractivity contribution in [3.05, 3.63) is 40.8 Å². The molecule has 0 fully saturated rings. The van der Waals surface area contributed by atoms with Crippen LogP contribution in [0.5, 0.6) is 0 Å². The van der Waals surface area contributed by atoms with Gasteiger partial charge in [0.2, 0.25) is 0 Å². The molecule has 0 bridgehead atoms. The fraction of sp³-hybridized carbons (Fsp3) is 0.250. The van der Waals surface area contributed by atoms with Gasteiger partial charge in [0.15, 0.2) is 4.80 Å². The number of anilines is 1. The van der Waals surface area contributed by atoms with E-state index in [1.807, 2.05) is 6.92 Å². The zero-order chi connectivity index (χ0) is 14.0. The predicted molar refractivity (Wildman–Crippen MR) is 68.7 cm³/mol. The Morgan fingerprint density at radius 1 is 1.37 bits per heavy atom. The largest absolute Gasteiger partial charge is 0.416 e. The second-order valence-corrected chi connectivity index (χ2v) is 4.88. The van der Waals surface area contributed by atoms with E-state index in [0.717, 1.165) is 17.1 Å². The van der Waals surface area contributed by atoms with Gasteiger partial charge in [-0.25, -0.2) is 0 Å². The van der Waals surface area contributed by atoms with Crippen LogP contribution in [-0.4, -0.2) is 11.1 Å². The third-order valence-electron chi connectivity index (χ3n) is 2.47. The molecule has 0 amide bonds. The highest BCUT2D eigenvalue weighted by molar-refractivity contribution is 7.13. The maximum atomic E-state index is 12.6. The van der Waals surface area contributed by atoms with Crippen LogP contribution in [0.1, 0.15) is 12.5 Å². The second-order valence-electron chi connectivity index (χ2n) is 3.85. The van der Waals surface area contributed by atoms with Crippen molar-refractivity contribution in [3.63, 3.8) is 0 Å². The van der Waals surface area contributed by atoms with Crippen LogP contribution in [-0.2, 0) is 6.18 Å². The zero-order valence-corrected chi connectivity index (χ0v) is 10.9. The molecular formula is C12H12F3N3S. The van der Waals surface area contributed by atoms with E-state index in [4.69, 9.17) is 5.41 Å². The van der Waals surface area contributed by atoms with Crippen molar-refractivity contribution >= 4 is 16.3 Å². The number of nitrogens with one attached hydrogen (secondary N) is 2. The number of nitrogens with zero attached hydrogens (tertiary/aromatic N) is 1. The molecule has 1 aromatic heterocycles. The first-order valence-corrected chi connectivity index (χ1v) is 6.42. The minimum Gasteiger partial charge on any atom is -0.376 e. The van der Waals surface area contributed by atoms with E-state index in [9.17, 15) is 13.2 Å². The molecule has 0 saturated carbocycles. The number of hydrogen-bond acceptors (Lipinski definition) is 3. The molecule has 0 atom stereocenters. The summed E-state index contributed by atoms with van der Waals surface area (Å²) < 4.78 is 39.4. The third-order valence-corrected chi connectivity index (χ3v) is 3.33. The van der Waals surface area contributed by atoms with Crippen LogP contribution < -0.4 is 10.1 Å². The molecule has 19 heavy (non-hydrogen) atoms. The van der Waals surface area contributed by atoms with E-state index in [2.05, 4.69) is 5.32 Å². The summed E-state index contributed by atoms with van der Waals surface area (Å²) in [7, 11) is 0. The zero-order valence-electron chi connectivity index (χ0n) is 10.1. The van der Waals surface area contributed by atoms with Gasteiger partial charge in [0.1, 0.15) is 5.00 Å². The third kappa shape index (κ3) is 2.98. The summed E-state index contributed by atoms with van der Waals surface area (Å²) in [5.74, 6) is 0. The molecule has 2 N–H and O–H groups in total. The van der Waals surface area contributed by atoms with Crippen LogP contribution in [0, 0.1) is 5.41 Å². The van der Waals surface area contributed by atoms with Gasteiger partial charge in [-0.05, 0) is 25.1 Å². The molecule has 0 radical (unpaired) electrons. The van der Waals surface area contributed by atoms with Crippen LogP contribution >= 0.6 is 11.3 Å². The second kappa shape index (κ2) is 5.08. The van der Waals surface area contributed by atoms with Crippen molar-refractivity contribution in [1.29, 1.82) is 5.41 Å². The molecule has 2 aromatic rings. The molecular weight excluding hydrogens is 275 g/mol. The monoisotopic (exact) mass is 287 g/mol. The molecule has 0 saturated heterocycles. The Kier molecular flexibility index (Phi) is 3.66. The SMILES string of the molecule is CCNc1cn(-c2cccc(C(F)(F)F)c2)c(=N)s1. The molecule has 0 aliphatic heterocycles. The van der Waals surface area contributed by atoms with Gasteiger partial charge in [0.25, 0.3) is 0 Å². The summed E-state index contributed by atoms with van der Waals surface area (Å²) in [6.45, 7) is 2.61. The Hall–Kier alpha value is -1.76. The Bertz CT molecular complexity index is 628. The van der Waals surface area contributed by atoms with Crippen molar-refractivity contribution in [2.24, 2.45) is 0 Å². The summed E-state index contributed by atoms with van der Waals surface area (Å²) in [6, 6.07) is 4.96. The average molecular weight is 287 g/mol. The van der Waals surface area contributed by atoms with E-state index in [1.165, 1.54) is 22.0 Å². The number of aromatic nitrogens is 1. The van der Waals surface area contributed by atoms with Crippen LogP contribution in [0.25, 0.3) is 5.69 Å². The average Bonchev–Trinajstić information content (AvgIpc) is 2.70. The smallest absolute Gasteiger partial charge is 0.376 e. The molecule has 0 aliphatic carbocycles. The highest BCUT2D eigenvalue weighted by atomic mass is 32.1. The minimum absolute atomic E-state index is 0.176. The molecule has 102 valence electrons. The summed E-state index contributed by atoms with van der Waals surface area (Å²) >= 11 is 1.18. The molecule has 1 heterocycles. The van der Waals surface area contributed by atoms with E-state index in [1.54, 1.807) is 12.3 Å². The molecule has 0 aliphatic rings. The fourth-order valence-electron chi connectivity index (χ4n) is 1.64. The molecule has 0 unspecified atom stereocenters. The Morgan fingerprint density at radius 2 is 2.11 bits per heavy atom. The van der Waals surface area contributed by atoms with Gasteiger partial charge in [-0.2, -0.15) is 13.2 Å². The Balaban J connectivity index is 2.45. The van der Waals surface area contributed by atoms with E-state index in [0.29, 0.717) is 12.2 Å². The first kappa shape index (κ1) is 13.7. The predicted octanol–water partition coefficient (Wildman–Crippen LogP) is 3.47. The van der Waals surface area contributed by atoms with Crippen molar-refractivity contribution in [1.82, 2.24) is 4.57 Å². The molecule has 1 aromatic carbocycles. The van der Waals surface area contributed by atoms with Gasteiger partial charge in [-0.15, -0.1) is 0 Å². The minimum atomic E-state index is -4.38. The highest BCUT2D eigenvalue weighted by Gasteiger charge is 2.30. The number of benzene rings is 1. The maximum absolute atomic E-state index is 12.6. The van der Waals surface area contributed by atoms with Gasteiger partial charge < -0.3 is 5.32 Å². The van der Waals surface area contributed by atoms with Crippen molar-refractivity contribution in [2.75, 3.05) is 11.9 Å². The fourth-order valence-corrected chi connectivity index (χ4v) is 2.47. The van der Waals surface area contributed by atoms with Crippen LogP contribution in [0.4, 0.5) is 18.2 Å². The lowest BCUT2D eigenvalue weighted by molar-refractivity contribution is -0.137. The van der Waals surface area contributed by atoms with Gasteiger partial charge in [-0.1, -0.05) is 17.4 Å². The summed E-state index contributed by atoms with van der Waals surface area (Å²) in [4.78, 5) is 0.176. The quantitative estimate of drug-likeness (QED) is 0.891. The lowest BCUT2D eigenvalue weighted by Gasteiger charge is -2.09. The summed E-state index contributed by atoms with van der Waals surface area (Å²) in [5.41, 5.74) is -0.381. The molecule has 7 heteroatoms. The Morgan fingerprint density at radius 3 is 2.74 bits per heavy atom. The van der Waals surface area contributed by atoms with Crippen molar-refractivity contribution in [2.45, 2.75) is 13.1 Å². The molecule has 3 nitrogen and oxygen atoms in total. The molecule has 0 spiro atoms. The summed E-state index contributed by atoms with van der Waals surface area (Å²) in [5, 5.41) is 11.6. The van der Waals surface area contributed by atoms with Crippen molar-refractivity contribution < 1.29 is 13.2 Å². The number of hydrogen-bond donors (Lipinski definition) is 2. The lowest BCUT2D eigenvalue weighted by Crippen LogP contribution is -2.11. The van der Waals surface area contributed by atoms with E-state index >= 15 is 0 Å². The van der Waals surface area contributed by atoms with E-state index < -0.39 is 11.7 Å². The lowest BCUT2D eigenvalue weighted by atomic mass is 10.2. The van der Waals surface area contributed by atoms with Gasteiger partial charge >= 0.3 is 6.18 Å². The maximum Gasteiger partial charge on any atom is 0.416 e. The summed E-state index contributed by atoms with van der Waals surface area (Å²) in [6.07, 6.45) is -2.74. The first-order chi connectivity index (χ1) is 8.91. The van der Waals surface area contributed by atoms with Crippen LogP contribution in [0.15, 0.2) is 30.5 Å². The normalized spacial score (nSPS) is 11.6. The van der Waals surface area contributed by atoms with Crippen molar-refractivity contribution in [3.8, 4) is 5.69 Å². The van der Waals surface area contributed by atoms with Crippen LogP contribution in [0.3, 0.4) is 0 Å². The van der Waals surface area contributed by atoms with E-state index in [-0.39, 0.29) is 4.80 Å². The first-order valence-electron chi connectivity index (χ1n) is 5.60. The topological polar surface area (TPSA) is 40.8 Å². The number of halogens is 3. The highest BCUT2D eigenvalue weighted by Crippen LogP contribution is 2.30. The number of rotatable bonds is 3. The van der Waals surface area contributed by atoms with Gasteiger partial charge in [-0.3, -0.25) is 9.98 Å². The Labute approximate surface area is 111 Å². The molecule has 2 rings (SSSR count). The van der Waals surface area contributed by atoms with Crippen LogP contribution in [0.2, 0.25) is 0 Å². The number of alkyl halides is 3. The number of thiazole rings is 1. The standard InChI is InChI=1S/C12H12F3N3S/c1-2-17-10-7-18(11(16)19-10)9-5-3-4-8(6-9)12(13,14)15/h3-7,16-17H,2H2,1H3. The van der Waals surface area contributed by atoms with Gasteiger partial charge in [0.05, 0.1) is 5.56 Å². The van der Waals surface area contributed by atoms with Gasteiger partial charge in [0, 0.05) is 18.4 Å².